The molecule has 0 spiro atoms. The molecule has 1 saturated carbocycles. The lowest BCUT2D eigenvalue weighted by Gasteiger charge is -2.30. The molecule has 2 heterocycles. The molecular weight excluding hydrogens is 278 g/mol. The van der Waals surface area contributed by atoms with Gasteiger partial charge in [-0.15, -0.1) is 0 Å². The lowest BCUT2D eigenvalue weighted by molar-refractivity contribution is 0.0732. The first-order valence-electron chi connectivity index (χ1n) is 7.69. The molecule has 0 atom stereocenters. The van der Waals surface area contributed by atoms with Crippen LogP contribution >= 0.6 is 0 Å². The first kappa shape index (κ1) is 14.7. The minimum Gasteiger partial charge on any atom is -0.393 e. The van der Waals surface area contributed by atoms with Crippen molar-refractivity contribution in [2.45, 2.75) is 31.3 Å². The zero-order valence-corrected chi connectivity index (χ0v) is 12.4. The minimum atomic E-state index is -0.157. The van der Waals surface area contributed by atoms with Gasteiger partial charge in [0, 0.05) is 43.2 Å². The monoisotopic (exact) mass is 299 g/mol. The molecule has 1 fully saturated rings. The summed E-state index contributed by atoms with van der Waals surface area (Å²) in [5.74, 6) is 1.23. The van der Waals surface area contributed by atoms with E-state index in [-0.39, 0.29) is 6.10 Å². The Labute approximate surface area is 130 Å². The summed E-state index contributed by atoms with van der Waals surface area (Å²) in [6.45, 7) is 1.72. The van der Waals surface area contributed by atoms with Crippen LogP contribution in [0.2, 0.25) is 0 Å². The van der Waals surface area contributed by atoms with Crippen LogP contribution in [-0.2, 0) is 0 Å². The number of rotatable bonds is 7. The number of aliphatic hydroxyl groups excluding tert-OH is 1. The van der Waals surface area contributed by atoms with E-state index in [2.05, 4.69) is 25.6 Å². The second-order valence-corrected chi connectivity index (χ2v) is 5.60. The molecule has 0 radical (unpaired) electrons. The van der Waals surface area contributed by atoms with Crippen LogP contribution in [0.25, 0.3) is 0 Å². The van der Waals surface area contributed by atoms with E-state index < -0.39 is 0 Å². The smallest absolute Gasteiger partial charge is 0.129 e. The fourth-order valence-electron chi connectivity index (χ4n) is 2.53. The van der Waals surface area contributed by atoms with Crippen LogP contribution in [0.3, 0.4) is 0 Å². The molecule has 0 amide bonds. The molecule has 116 valence electrons. The molecule has 0 unspecified atom stereocenters. The zero-order valence-electron chi connectivity index (χ0n) is 12.4. The maximum absolute atomic E-state index is 9.37. The number of nitrogens with zero attached hydrogens (tertiary/aromatic N) is 3. The van der Waals surface area contributed by atoms with Crippen molar-refractivity contribution < 1.29 is 5.11 Å². The summed E-state index contributed by atoms with van der Waals surface area (Å²) in [5, 5.41) is 16.0. The third-order valence-electron chi connectivity index (χ3n) is 3.87. The van der Waals surface area contributed by atoms with Crippen molar-refractivity contribution in [3.63, 3.8) is 0 Å². The molecule has 3 rings (SSSR count). The lowest BCUT2D eigenvalue weighted by atomic mass is 9.80. The maximum Gasteiger partial charge on any atom is 0.129 e. The largest absolute Gasteiger partial charge is 0.393 e. The van der Waals surface area contributed by atoms with Crippen molar-refractivity contribution in [1.82, 2.24) is 15.0 Å². The first-order chi connectivity index (χ1) is 10.8. The van der Waals surface area contributed by atoms with Gasteiger partial charge in [-0.1, -0.05) is 0 Å². The molecule has 0 aliphatic heterocycles. The molecule has 6 heteroatoms. The highest BCUT2D eigenvalue weighted by Crippen LogP contribution is 2.35. The molecule has 0 bridgehead atoms. The Kier molecular flexibility index (Phi) is 4.80. The van der Waals surface area contributed by atoms with E-state index >= 15 is 0 Å². The topological polar surface area (TPSA) is 83.0 Å². The Morgan fingerprint density at radius 2 is 2.05 bits per heavy atom. The van der Waals surface area contributed by atoms with Crippen LogP contribution < -0.4 is 10.6 Å². The van der Waals surface area contributed by atoms with Crippen LogP contribution in [0.5, 0.6) is 0 Å². The highest BCUT2D eigenvalue weighted by molar-refractivity contribution is 5.39. The molecule has 2 aromatic rings. The van der Waals surface area contributed by atoms with Crippen molar-refractivity contribution in [2.75, 3.05) is 23.7 Å². The molecular formula is C16H21N5O. The molecule has 3 N–H and O–H groups in total. The van der Waals surface area contributed by atoms with Gasteiger partial charge in [-0.2, -0.15) is 0 Å². The molecule has 0 aromatic carbocycles. The summed E-state index contributed by atoms with van der Waals surface area (Å²) in [7, 11) is 0. The average molecular weight is 299 g/mol. The lowest BCUT2D eigenvalue weighted by Crippen LogP contribution is -2.27. The summed E-state index contributed by atoms with van der Waals surface area (Å²) in [6.07, 6.45) is 7.62. The number of aromatic nitrogens is 3. The summed E-state index contributed by atoms with van der Waals surface area (Å²) < 4.78 is 0. The SMILES string of the molecule is OC1CC(c2cc(NCCCNc3cccnc3)ncn2)C1. The predicted molar refractivity (Wildman–Crippen MR) is 85.8 cm³/mol. The van der Waals surface area contributed by atoms with Gasteiger partial charge in [0.2, 0.25) is 0 Å². The standard InChI is InChI=1S/C16H21N5O/c22-14-7-12(8-14)15-9-16(21-11-20-15)19-6-2-5-18-13-3-1-4-17-10-13/h1,3-4,9-12,14,18,22H,2,5-8H2,(H,19,20,21). The number of pyridine rings is 1. The van der Waals surface area contributed by atoms with E-state index in [0.29, 0.717) is 5.92 Å². The van der Waals surface area contributed by atoms with Gasteiger partial charge in [-0.25, -0.2) is 9.97 Å². The Bertz CT molecular complexity index is 586. The van der Waals surface area contributed by atoms with Gasteiger partial charge in [0.15, 0.2) is 0 Å². The van der Waals surface area contributed by atoms with Crippen LogP contribution in [-0.4, -0.2) is 39.3 Å². The quantitative estimate of drug-likeness (QED) is 0.679. The summed E-state index contributed by atoms with van der Waals surface area (Å²) in [5.41, 5.74) is 2.06. The number of hydrogen-bond donors (Lipinski definition) is 3. The molecule has 1 aliphatic rings. The average Bonchev–Trinajstić information content (AvgIpc) is 2.53. The van der Waals surface area contributed by atoms with Gasteiger partial charge >= 0.3 is 0 Å². The number of hydrogen-bond acceptors (Lipinski definition) is 6. The predicted octanol–water partition coefficient (Wildman–Crippen LogP) is 2.02. The Morgan fingerprint density at radius 3 is 2.82 bits per heavy atom. The number of anilines is 2. The Hall–Kier alpha value is -2.21. The maximum atomic E-state index is 9.37. The molecule has 0 saturated heterocycles. The van der Waals surface area contributed by atoms with Crippen molar-refractivity contribution in [1.29, 1.82) is 0 Å². The van der Waals surface area contributed by atoms with Crippen molar-refractivity contribution in [3.05, 3.63) is 42.6 Å². The van der Waals surface area contributed by atoms with E-state index in [1.54, 1.807) is 12.5 Å². The van der Waals surface area contributed by atoms with Gasteiger partial charge in [-0.3, -0.25) is 4.98 Å². The molecule has 1 aliphatic carbocycles. The summed E-state index contributed by atoms with van der Waals surface area (Å²) in [6, 6.07) is 5.91. The van der Waals surface area contributed by atoms with Gasteiger partial charge in [0.05, 0.1) is 11.8 Å². The molecule has 2 aromatic heterocycles. The summed E-state index contributed by atoms with van der Waals surface area (Å²) in [4.78, 5) is 12.6. The van der Waals surface area contributed by atoms with Gasteiger partial charge in [-0.05, 0) is 31.4 Å². The third-order valence-corrected chi connectivity index (χ3v) is 3.87. The highest BCUT2D eigenvalue weighted by atomic mass is 16.3. The second kappa shape index (κ2) is 7.17. The summed E-state index contributed by atoms with van der Waals surface area (Å²) >= 11 is 0. The van der Waals surface area contributed by atoms with Crippen LogP contribution in [0.1, 0.15) is 30.9 Å². The number of aliphatic hydroxyl groups is 1. The van der Waals surface area contributed by atoms with E-state index in [0.717, 1.165) is 49.6 Å². The fraction of sp³-hybridized carbons (Fsp3) is 0.438. The van der Waals surface area contributed by atoms with Crippen LogP contribution in [0, 0.1) is 0 Å². The van der Waals surface area contributed by atoms with Gasteiger partial charge < -0.3 is 15.7 Å². The van der Waals surface area contributed by atoms with Gasteiger partial charge in [0.1, 0.15) is 12.1 Å². The van der Waals surface area contributed by atoms with Crippen molar-refractivity contribution >= 4 is 11.5 Å². The van der Waals surface area contributed by atoms with Crippen LogP contribution in [0.15, 0.2) is 36.9 Å². The Morgan fingerprint density at radius 1 is 1.18 bits per heavy atom. The Balaban J connectivity index is 1.39. The van der Waals surface area contributed by atoms with E-state index in [1.165, 1.54) is 0 Å². The van der Waals surface area contributed by atoms with E-state index in [1.807, 2.05) is 24.4 Å². The minimum absolute atomic E-state index is 0.157. The van der Waals surface area contributed by atoms with Crippen molar-refractivity contribution in [2.24, 2.45) is 0 Å². The third kappa shape index (κ3) is 3.92. The zero-order chi connectivity index (χ0) is 15.2. The van der Waals surface area contributed by atoms with E-state index in [9.17, 15) is 5.11 Å². The van der Waals surface area contributed by atoms with E-state index in [4.69, 9.17) is 0 Å². The van der Waals surface area contributed by atoms with Crippen LogP contribution in [0.4, 0.5) is 11.5 Å². The number of nitrogens with one attached hydrogen (secondary N) is 2. The van der Waals surface area contributed by atoms with Crippen molar-refractivity contribution in [3.8, 4) is 0 Å². The molecule has 22 heavy (non-hydrogen) atoms. The molecule has 6 nitrogen and oxygen atoms in total. The second-order valence-electron chi connectivity index (χ2n) is 5.60. The first-order valence-corrected chi connectivity index (χ1v) is 7.69. The van der Waals surface area contributed by atoms with Gasteiger partial charge in [0.25, 0.3) is 0 Å². The highest BCUT2D eigenvalue weighted by Gasteiger charge is 2.29. The fourth-order valence-corrected chi connectivity index (χ4v) is 2.53. The normalized spacial score (nSPS) is 20.2.